The zero-order valence-corrected chi connectivity index (χ0v) is 12.1. The van der Waals surface area contributed by atoms with Crippen LogP contribution in [0.3, 0.4) is 0 Å². The first-order valence-electron chi connectivity index (χ1n) is 5.73. The van der Waals surface area contributed by atoms with Crippen LogP contribution in [0.15, 0.2) is 30.3 Å². The highest BCUT2D eigenvalue weighted by atomic mass is 32.2. The fraction of sp³-hybridized carbons (Fsp3) is 0.462. The van der Waals surface area contributed by atoms with Gasteiger partial charge in [-0.3, -0.25) is 0 Å². The first kappa shape index (κ1) is 15.4. The summed E-state index contributed by atoms with van der Waals surface area (Å²) in [5.74, 6) is 0. The Morgan fingerprint density at radius 2 is 1.72 bits per heavy atom. The predicted molar refractivity (Wildman–Crippen MR) is 79.0 cm³/mol. The first-order valence-corrected chi connectivity index (χ1v) is 7.36. The van der Waals surface area contributed by atoms with E-state index in [2.05, 4.69) is 0 Å². The van der Waals surface area contributed by atoms with Crippen molar-refractivity contribution < 1.29 is 14.2 Å². The van der Waals surface area contributed by atoms with E-state index in [1.807, 2.05) is 36.6 Å². The average Bonchev–Trinajstić information content (AvgIpc) is 2.42. The molecular formula is C13H18O3S2. The van der Waals surface area contributed by atoms with Crippen molar-refractivity contribution in [1.82, 2.24) is 0 Å². The Labute approximate surface area is 118 Å². The van der Waals surface area contributed by atoms with E-state index >= 15 is 0 Å². The summed E-state index contributed by atoms with van der Waals surface area (Å²) in [7, 11) is 0. The van der Waals surface area contributed by atoms with Crippen LogP contribution in [-0.4, -0.2) is 37.1 Å². The third kappa shape index (κ3) is 7.66. The van der Waals surface area contributed by atoms with Gasteiger partial charge in [-0.05, 0) is 24.0 Å². The standard InChI is InChI=1S/C13H18O3S2/c1-18-13(17)16-10-9-14-7-8-15-11-12-5-3-2-4-6-12/h2-6H,7-11H2,1H3. The molecule has 0 radical (unpaired) electrons. The lowest BCUT2D eigenvalue weighted by Crippen LogP contribution is -2.10. The van der Waals surface area contributed by atoms with E-state index in [9.17, 15) is 0 Å². The molecule has 18 heavy (non-hydrogen) atoms. The SMILES string of the molecule is CSC(=S)OCCOCCOCc1ccccc1. The summed E-state index contributed by atoms with van der Waals surface area (Å²) in [4.78, 5) is 0. The minimum Gasteiger partial charge on any atom is -0.476 e. The molecule has 0 fully saturated rings. The number of benzene rings is 1. The Hall–Kier alpha value is -0.620. The van der Waals surface area contributed by atoms with Gasteiger partial charge in [0.25, 0.3) is 0 Å². The number of thioether (sulfide) groups is 1. The van der Waals surface area contributed by atoms with Gasteiger partial charge in [-0.1, -0.05) is 42.1 Å². The normalized spacial score (nSPS) is 10.3. The second-order valence-electron chi connectivity index (χ2n) is 3.45. The Balaban J connectivity index is 1.89. The van der Waals surface area contributed by atoms with Crippen molar-refractivity contribution in [3.8, 4) is 0 Å². The van der Waals surface area contributed by atoms with Crippen LogP contribution in [0, 0.1) is 0 Å². The maximum absolute atomic E-state index is 5.47. The zero-order valence-electron chi connectivity index (χ0n) is 10.5. The molecule has 0 aliphatic heterocycles. The molecule has 0 aromatic heterocycles. The molecule has 1 aromatic rings. The molecular weight excluding hydrogens is 268 g/mol. The summed E-state index contributed by atoms with van der Waals surface area (Å²) >= 11 is 6.31. The molecule has 0 N–H and O–H groups in total. The van der Waals surface area contributed by atoms with Crippen LogP contribution in [0.5, 0.6) is 0 Å². The van der Waals surface area contributed by atoms with Crippen LogP contribution in [0.4, 0.5) is 0 Å². The molecule has 0 bridgehead atoms. The van der Waals surface area contributed by atoms with Crippen LogP contribution in [0.1, 0.15) is 5.56 Å². The van der Waals surface area contributed by atoms with Crippen molar-refractivity contribution in [2.75, 3.05) is 32.7 Å². The summed E-state index contributed by atoms with van der Waals surface area (Å²) in [5.41, 5.74) is 1.17. The van der Waals surface area contributed by atoms with Crippen molar-refractivity contribution in [3.05, 3.63) is 35.9 Å². The summed E-state index contributed by atoms with van der Waals surface area (Å²) < 4.78 is 16.6. The number of thiocarbonyl (C=S) groups is 1. The van der Waals surface area contributed by atoms with Crippen molar-refractivity contribution in [3.63, 3.8) is 0 Å². The second-order valence-corrected chi connectivity index (χ2v) is 4.86. The van der Waals surface area contributed by atoms with Gasteiger partial charge in [-0.2, -0.15) is 0 Å². The van der Waals surface area contributed by atoms with Gasteiger partial charge in [0.1, 0.15) is 6.61 Å². The molecule has 1 rings (SSSR count). The molecule has 0 spiro atoms. The topological polar surface area (TPSA) is 27.7 Å². The molecule has 0 amide bonds. The molecule has 0 aliphatic rings. The molecule has 0 saturated heterocycles. The van der Waals surface area contributed by atoms with Gasteiger partial charge in [-0.15, -0.1) is 0 Å². The first-order chi connectivity index (χ1) is 8.83. The van der Waals surface area contributed by atoms with E-state index in [4.69, 9.17) is 26.4 Å². The number of hydrogen-bond donors (Lipinski definition) is 0. The third-order valence-corrected chi connectivity index (χ3v) is 3.17. The van der Waals surface area contributed by atoms with Crippen LogP contribution < -0.4 is 0 Å². The molecule has 0 atom stereocenters. The second kappa shape index (κ2) is 10.3. The highest BCUT2D eigenvalue weighted by Crippen LogP contribution is 2.00. The van der Waals surface area contributed by atoms with Crippen LogP contribution >= 0.6 is 24.0 Å². The monoisotopic (exact) mass is 286 g/mol. The highest BCUT2D eigenvalue weighted by molar-refractivity contribution is 8.22. The number of rotatable bonds is 8. The lowest BCUT2D eigenvalue weighted by atomic mass is 10.2. The molecule has 100 valence electrons. The summed E-state index contributed by atoms with van der Waals surface area (Å²) in [5, 5.41) is 0. The fourth-order valence-corrected chi connectivity index (χ4v) is 1.51. The van der Waals surface area contributed by atoms with E-state index in [0.29, 0.717) is 37.4 Å². The minimum absolute atomic E-state index is 0.498. The predicted octanol–water partition coefficient (Wildman–Crippen LogP) is 2.88. The van der Waals surface area contributed by atoms with Crippen LogP contribution in [0.25, 0.3) is 0 Å². The van der Waals surface area contributed by atoms with Crippen LogP contribution in [0.2, 0.25) is 0 Å². The molecule has 5 heteroatoms. The Bertz CT molecular complexity index is 330. The molecule has 0 unspecified atom stereocenters. The van der Waals surface area contributed by atoms with Gasteiger partial charge in [0.05, 0.1) is 26.4 Å². The van der Waals surface area contributed by atoms with Crippen molar-refractivity contribution in [1.29, 1.82) is 0 Å². The van der Waals surface area contributed by atoms with Crippen molar-refractivity contribution in [2.45, 2.75) is 6.61 Å². The summed E-state index contributed by atoms with van der Waals surface area (Å²) in [6.45, 7) is 2.81. The average molecular weight is 286 g/mol. The van der Waals surface area contributed by atoms with Gasteiger partial charge in [0.15, 0.2) is 0 Å². The molecule has 1 aromatic carbocycles. The largest absolute Gasteiger partial charge is 0.476 e. The van der Waals surface area contributed by atoms with Gasteiger partial charge < -0.3 is 14.2 Å². The minimum atomic E-state index is 0.498. The van der Waals surface area contributed by atoms with Gasteiger partial charge in [0, 0.05) is 0 Å². The number of hydrogen-bond acceptors (Lipinski definition) is 5. The Kier molecular flexibility index (Phi) is 8.85. The van der Waals surface area contributed by atoms with Gasteiger partial charge in [-0.25, -0.2) is 0 Å². The van der Waals surface area contributed by atoms with E-state index in [0.717, 1.165) is 0 Å². The van der Waals surface area contributed by atoms with E-state index in [-0.39, 0.29) is 0 Å². The maximum Gasteiger partial charge on any atom is 0.219 e. The van der Waals surface area contributed by atoms with Gasteiger partial charge in [0.2, 0.25) is 4.38 Å². The molecule has 0 aliphatic carbocycles. The third-order valence-electron chi connectivity index (χ3n) is 2.10. The van der Waals surface area contributed by atoms with E-state index < -0.39 is 0 Å². The lowest BCUT2D eigenvalue weighted by Gasteiger charge is -2.07. The Morgan fingerprint density at radius 1 is 1.06 bits per heavy atom. The fourth-order valence-electron chi connectivity index (χ4n) is 1.23. The molecule has 3 nitrogen and oxygen atoms in total. The van der Waals surface area contributed by atoms with E-state index in [1.165, 1.54) is 17.3 Å². The zero-order chi connectivity index (χ0) is 13.1. The summed E-state index contributed by atoms with van der Waals surface area (Å²) in [6, 6.07) is 10.1. The molecule has 0 heterocycles. The highest BCUT2D eigenvalue weighted by Gasteiger charge is 1.95. The molecule has 0 saturated carbocycles. The van der Waals surface area contributed by atoms with E-state index in [1.54, 1.807) is 0 Å². The Morgan fingerprint density at radius 3 is 2.44 bits per heavy atom. The quantitative estimate of drug-likeness (QED) is 0.541. The van der Waals surface area contributed by atoms with Crippen molar-refractivity contribution >= 4 is 28.4 Å². The van der Waals surface area contributed by atoms with Gasteiger partial charge >= 0.3 is 0 Å². The summed E-state index contributed by atoms with van der Waals surface area (Å²) in [6.07, 6.45) is 1.89. The smallest absolute Gasteiger partial charge is 0.219 e. The lowest BCUT2D eigenvalue weighted by molar-refractivity contribution is 0.0299. The van der Waals surface area contributed by atoms with Crippen molar-refractivity contribution in [2.24, 2.45) is 0 Å². The van der Waals surface area contributed by atoms with Crippen LogP contribution in [-0.2, 0) is 20.8 Å². The number of ether oxygens (including phenoxy) is 3. The maximum atomic E-state index is 5.47.